The molecule has 0 heterocycles. The Morgan fingerprint density at radius 1 is 1.36 bits per heavy atom. The van der Waals surface area contributed by atoms with Crippen molar-refractivity contribution in [1.82, 2.24) is 5.32 Å². The van der Waals surface area contributed by atoms with Crippen molar-refractivity contribution < 1.29 is 14.3 Å². The number of Topliss-reactive ketones (excluding diaryl/α,β-unsaturated/α-hetero) is 1. The lowest BCUT2D eigenvalue weighted by Gasteiger charge is -2.19. The number of alkyl carbamates (subject to hydrolysis) is 1. The second-order valence-corrected chi connectivity index (χ2v) is 3.57. The molecule has 4 nitrogen and oxygen atoms in total. The Balaban J connectivity index is 4.29. The molecule has 0 aromatic rings. The number of carbonyl (C=O) groups excluding carboxylic acids is 2. The van der Waals surface area contributed by atoms with E-state index in [0.717, 1.165) is 6.42 Å². The van der Waals surface area contributed by atoms with Crippen LogP contribution in [0.25, 0.3) is 0 Å². The number of ketones is 1. The molecule has 14 heavy (non-hydrogen) atoms. The number of ether oxygens (including phenoxy) is 1. The van der Waals surface area contributed by atoms with Crippen LogP contribution in [0.15, 0.2) is 0 Å². The molecule has 0 fully saturated rings. The van der Waals surface area contributed by atoms with Gasteiger partial charge in [0.15, 0.2) is 5.78 Å². The quantitative estimate of drug-likeness (QED) is 0.737. The minimum absolute atomic E-state index is 0.0629. The Morgan fingerprint density at radius 3 is 2.29 bits per heavy atom. The third kappa shape index (κ3) is 4.25. The van der Waals surface area contributed by atoms with Crippen LogP contribution in [0.5, 0.6) is 0 Å². The molecule has 0 bridgehead atoms. The van der Waals surface area contributed by atoms with E-state index >= 15 is 0 Å². The van der Waals surface area contributed by atoms with Crippen LogP contribution in [0.1, 0.15) is 33.6 Å². The molecular weight excluding hydrogens is 182 g/mol. The normalized spacial score (nSPS) is 12.4. The van der Waals surface area contributed by atoms with E-state index in [9.17, 15) is 9.59 Å². The third-order valence-corrected chi connectivity index (χ3v) is 1.97. The first-order chi connectivity index (χ1) is 6.52. The summed E-state index contributed by atoms with van der Waals surface area (Å²) in [6.07, 6.45) is 0.741. The van der Waals surface area contributed by atoms with E-state index in [1.807, 2.05) is 20.8 Å². The Hall–Kier alpha value is -1.06. The monoisotopic (exact) mass is 201 g/mol. The van der Waals surface area contributed by atoms with Crippen LogP contribution < -0.4 is 5.32 Å². The third-order valence-electron chi connectivity index (χ3n) is 1.97. The summed E-state index contributed by atoms with van der Waals surface area (Å²) < 4.78 is 4.46. The Labute approximate surface area is 85.0 Å². The zero-order valence-corrected chi connectivity index (χ0v) is 9.29. The number of amides is 1. The smallest absolute Gasteiger partial charge is 0.407 e. The van der Waals surface area contributed by atoms with Crippen LogP contribution in [0.3, 0.4) is 0 Å². The van der Waals surface area contributed by atoms with E-state index in [1.54, 1.807) is 0 Å². The summed E-state index contributed by atoms with van der Waals surface area (Å²) in [6, 6.07) is -0.428. The highest BCUT2D eigenvalue weighted by atomic mass is 16.5. The van der Waals surface area contributed by atoms with Gasteiger partial charge in [0.05, 0.1) is 13.2 Å². The van der Waals surface area contributed by atoms with Gasteiger partial charge in [0.25, 0.3) is 0 Å². The molecule has 82 valence electrons. The molecule has 1 unspecified atom stereocenters. The Bertz CT molecular complexity index is 202. The lowest BCUT2D eigenvalue weighted by Crippen LogP contribution is -2.44. The van der Waals surface area contributed by atoms with Gasteiger partial charge in [-0.3, -0.25) is 4.79 Å². The number of carbonyl (C=O) groups is 2. The molecular formula is C10H19NO3. The summed E-state index contributed by atoms with van der Waals surface area (Å²) in [4.78, 5) is 22.5. The first-order valence-electron chi connectivity index (χ1n) is 4.90. The van der Waals surface area contributed by atoms with Gasteiger partial charge in [-0.25, -0.2) is 4.79 Å². The van der Waals surface area contributed by atoms with Crippen molar-refractivity contribution in [1.29, 1.82) is 0 Å². The van der Waals surface area contributed by atoms with Crippen molar-refractivity contribution in [3.8, 4) is 0 Å². The maximum absolute atomic E-state index is 11.6. The van der Waals surface area contributed by atoms with Gasteiger partial charge in [-0.05, 0) is 12.3 Å². The summed E-state index contributed by atoms with van der Waals surface area (Å²) in [5.41, 5.74) is 0. The van der Waals surface area contributed by atoms with Gasteiger partial charge >= 0.3 is 6.09 Å². The summed E-state index contributed by atoms with van der Waals surface area (Å²) in [5.74, 6) is 0.154. The van der Waals surface area contributed by atoms with Crippen molar-refractivity contribution in [3.63, 3.8) is 0 Å². The fourth-order valence-electron chi connectivity index (χ4n) is 1.21. The second kappa shape index (κ2) is 6.40. The second-order valence-electron chi connectivity index (χ2n) is 3.57. The number of rotatable bonds is 5. The average Bonchev–Trinajstić information content (AvgIpc) is 2.13. The molecule has 1 atom stereocenters. The fraction of sp³-hybridized carbons (Fsp3) is 0.800. The van der Waals surface area contributed by atoms with Crippen LogP contribution in [0, 0.1) is 5.92 Å². The fourth-order valence-corrected chi connectivity index (χ4v) is 1.21. The summed E-state index contributed by atoms with van der Waals surface area (Å²) >= 11 is 0. The molecule has 0 saturated heterocycles. The molecule has 1 N–H and O–H groups in total. The number of methoxy groups -OCH3 is 1. The highest BCUT2D eigenvalue weighted by molar-refractivity contribution is 5.87. The van der Waals surface area contributed by atoms with E-state index in [2.05, 4.69) is 10.1 Å². The molecule has 0 saturated carbocycles. The van der Waals surface area contributed by atoms with Gasteiger partial charge in [-0.15, -0.1) is 0 Å². The van der Waals surface area contributed by atoms with Gasteiger partial charge in [0.1, 0.15) is 0 Å². The number of nitrogens with one attached hydrogen (secondary N) is 1. The Kier molecular flexibility index (Phi) is 5.92. The summed E-state index contributed by atoms with van der Waals surface area (Å²) in [6.45, 7) is 5.73. The van der Waals surface area contributed by atoms with Crippen LogP contribution in [0.2, 0.25) is 0 Å². The largest absolute Gasteiger partial charge is 0.453 e. The molecule has 4 heteroatoms. The summed E-state index contributed by atoms with van der Waals surface area (Å²) in [5, 5.41) is 2.54. The maximum Gasteiger partial charge on any atom is 0.407 e. The highest BCUT2D eigenvalue weighted by Gasteiger charge is 2.23. The van der Waals surface area contributed by atoms with E-state index in [1.165, 1.54) is 7.11 Å². The van der Waals surface area contributed by atoms with Crippen LogP contribution in [0.4, 0.5) is 4.79 Å². The molecule has 0 aliphatic heterocycles. The van der Waals surface area contributed by atoms with Crippen molar-refractivity contribution in [2.75, 3.05) is 7.11 Å². The lowest BCUT2D eigenvalue weighted by atomic mass is 9.97. The van der Waals surface area contributed by atoms with Crippen molar-refractivity contribution >= 4 is 11.9 Å². The van der Waals surface area contributed by atoms with Crippen LogP contribution in [-0.2, 0) is 9.53 Å². The van der Waals surface area contributed by atoms with Crippen molar-refractivity contribution in [2.24, 2.45) is 5.92 Å². The van der Waals surface area contributed by atoms with Crippen molar-refractivity contribution in [2.45, 2.75) is 39.7 Å². The van der Waals surface area contributed by atoms with Crippen molar-refractivity contribution in [3.05, 3.63) is 0 Å². The minimum Gasteiger partial charge on any atom is -0.453 e. The predicted octanol–water partition coefficient (Wildman–Crippen LogP) is 1.74. The summed E-state index contributed by atoms with van der Waals surface area (Å²) in [7, 11) is 1.29. The Morgan fingerprint density at radius 2 is 1.93 bits per heavy atom. The maximum atomic E-state index is 11.6. The minimum atomic E-state index is -0.548. The molecule has 0 radical (unpaired) electrons. The SMILES string of the molecule is CCCC(=O)C(NC(=O)OC)C(C)C. The lowest BCUT2D eigenvalue weighted by molar-refractivity contribution is -0.121. The van der Waals surface area contributed by atoms with Crippen LogP contribution in [-0.4, -0.2) is 25.0 Å². The first-order valence-corrected chi connectivity index (χ1v) is 4.90. The number of hydrogen-bond donors (Lipinski definition) is 1. The van der Waals surface area contributed by atoms with Gasteiger partial charge in [-0.2, -0.15) is 0 Å². The zero-order chi connectivity index (χ0) is 11.1. The van der Waals surface area contributed by atoms with E-state index in [-0.39, 0.29) is 11.7 Å². The van der Waals surface area contributed by atoms with Gasteiger partial charge < -0.3 is 10.1 Å². The number of hydrogen-bond acceptors (Lipinski definition) is 3. The van der Waals surface area contributed by atoms with E-state index < -0.39 is 12.1 Å². The van der Waals surface area contributed by atoms with E-state index in [0.29, 0.717) is 6.42 Å². The van der Waals surface area contributed by atoms with Gasteiger partial charge in [-0.1, -0.05) is 20.8 Å². The molecule has 1 amide bonds. The molecule has 0 aromatic carbocycles. The molecule has 0 aliphatic rings. The first kappa shape index (κ1) is 12.9. The van der Waals surface area contributed by atoms with E-state index in [4.69, 9.17) is 0 Å². The molecule has 0 aliphatic carbocycles. The predicted molar refractivity (Wildman–Crippen MR) is 54.1 cm³/mol. The van der Waals surface area contributed by atoms with Crippen LogP contribution >= 0.6 is 0 Å². The van der Waals surface area contributed by atoms with Gasteiger partial charge in [0.2, 0.25) is 0 Å². The topological polar surface area (TPSA) is 55.4 Å². The molecule has 0 rings (SSSR count). The average molecular weight is 201 g/mol. The standard InChI is InChI=1S/C10H19NO3/c1-5-6-8(12)9(7(2)3)11-10(13)14-4/h7,9H,5-6H2,1-4H3,(H,11,13). The zero-order valence-electron chi connectivity index (χ0n) is 9.29. The molecule has 0 aromatic heterocycles. The molecule has 0 spiro atoms. The highest BCUT2D eigenvalue weighted by Crippen LogP contribution is 2.06. The van der Waals surface area contributed by atoms with Gasteiger partial charge in [0, 0.05) is 6.42 Å².